The summed E-state index contributed by atoms with van der Waals surface area (Å²) in [6.07, 6.45) is 0. The number of rotatable bonds is 2. The van der Waals surface area contributed by atoms with E-state index < -0.39 is 23.1 Å². The fourth-order valence-corrected chi connectivity index (χ4v) is 2.82. The van der Waals surface area contributed by atoms with Crippen LogP contribution in [0.25, 0.3) is 0 Å². The summed E-state index contributed by atoms with van der Waals surface area (Å²) >= 11 is 11.9. The maximum atomic E-state index is 12.3. The number of nitrogens with zero attached hydrogens (tertiary/aromatic N) is 1. The van der Waals surface area contributed by atoms with Gasteiger partial charge in [-0.1, -0.05) is 29.8 Å². The van der Waals surface area contributed by atoms with Crippen molar-refractivity contribution in [3.8, 4) is 0 Å². The van der Waals surface area contributed by atoms with Crippen molar-refractivity contribution >= 4 is 40.8 Å². The van der Waals surface area contributed by atoms with Gasteiger partial charge in [0.25, 0.3) is 5.91 Å². The number of likely N-dealkylation sites (N-methyl/N-ethyl adjacent to an activating group) is 1. The summed E-state index contributed by atoms with van der Waals surface area (Å²) < 4.78 is 4.51. The molecule has 1 amide bonds. The lowest BCUT2D eigenvalue weighted by Gasteiger charge is -2.22. The van der Waals surface area contributed by atoms with Crippen LogP contribution in [0.15, 0.2) is 24.3 Å². The van der Waals surface area contributed by atoms with Crippen molar-refractivity contribution in [2.24, 2.45) is 0 Å². The van der Waals surface area contributed by atoms with E-state index in [1.807, 2.05) is 0 Å². The second-order valence-corrected chi connectivity index (χ2v) is 5.17. The molecule has 0 radical (unpaired) electrons. The fraction of sp³-hybridized carbons (Fsp3) is 0.231. The topological polar surface area (TPSA) is 66.8 Å². The van der Waals surface area contributed by atoms with Crippen LogP contribution < -0.4 is 4.90 Å². The van der Waals surface area contributed by atoms with Crippen LogP contribution >= 0.6 is 23.2 Å². The van der Waals surface area contributed by atoms with Crippen molar-refractivity contribution in [1.82, 2.24) is 0 Å². The summed E-state index contributed by atoms with van der Waals surface area (Å²) in [4.78, 5) is 25.1. The van der Waals surface area contributed by atoms with Gasteiger partial charge in [-0.3, -0.25) is 4.79 Å². The Morgan fingerprint density at radius 2 is 2.05 bits per heavy atom. The number of hydrogen-bond donors (Lipinski definition) is 1. The Bertz CT molecular complexity index is 644. The van der Waals surface area contributed by atoms with Crippen molar-refractivity contribution in [2.45, 2.75) is 5.60 Å². The molecule has 1 unspecified atom stereocenters. The molecule has 0 bridgehead atoms. The number of methoxy groups -OCH3 is 1. The predicted octanol–water partition coefficient (Wildman–Crippen LogP) is 1.89. The number of esters is 1. The van der Waals surface area contributed by atoms with Crippen molar-refractivity contribution in [2.75, 3.05) is 19.1 Å². The number of hydrogen-bond acceptors (Lipinski definition) is 4. The Kier molecular flexibility index (Phi) is 3.54. The Hall–Kier alpha value is -1.56. The zero-order chi connectivity index (χ0) is 15.2. The first-order valence-corrected chi connectivity index (χ1v) is 6.28. The number of carbonyl (C=O) groups excluding carboxylic acids is 2. The van der Waals surface area contributed by atoms with Gasteiger partial charge in [0.05, 0.1) is 23.4 Å². The van der Waals surface area contributed by atoms with E-state index in [0.29, 0.717) is 0 Å². The summed E-state index contributed by atoms with van der Waals surface area (Å²) in [5.74, 6) is -1.63. The predicted molar refractivity (Wildman–Crippen MR) is 74.9 cm³/mol. The van der Waals surface area contributed by atoms with Gasteiger partial charge < -0.3 is 14.7 Å². The lowest BCUT2D eigenvalue weighted by molar-refractivity contribution is -0.144. The quantitative estimate of drug-likeness (QED) is 0.668. The lowest BCUT2D eigenvalue weighted by atomic mass is 9.88. The zero-order valence-electron chi connectivity index (χ0n) is 10.7. The SMILES string of the molecule is C=C(C(=O)OC)C1(O)C(=O)N(C)c2c(Cl)cc(Cl)cc21. The molecule has 1 aliphatic rings. The molecular formula is C13H11Cl2NO4. The molecule has 1 aromatic rings. The molecule has 0 saturated heterocycles. The van der Waals surface area contributed by atoms with Crippen molar-refractivity contribution in [3.63, 3.8) is 0 Å². The number of ether oxygens (including phenoxy) is 1. The molecule has 1 atom stereocenters. The third-order valence-electron chi connectivity index (χ3n) is 3.24. The monoisotopic (exact) mass is 315 g/mol. The van der Waals surface area contributed by atoms with Crippen molar-refractivity contribution in [1.29, 1.82) is 0 Å². The summed E-state index contributed by atoms with van der Waals surface area (Å²) in [6.45, 7) is 3.46. The molecule has 7 heteroatoms. The minimum atomic E-state index is -2.23. The summed E-state index contributed by atoms with van der Waals surface area (Å²) in [6, 6.07) is 2.82. The standard InChI is InChI=1S/C13H11Cl2NO4/c1-6(11(17)20-3)13(19)8-4-7(14)5-9(15)10(8)16(2)12(13)18/h4-5,19H,1H2,2-3H3. The molecule has 0 spiro atoms. The minimum absolute atomic E-state index is 0.109. The molecule has 106 valence electrons. The number of amides is 1. The summed E-state index contributed by atoms with van der Waals surface area (Å²) in [7, 11) is 2.56. The average molecular weight is 316 g/mol. The van der Waals surface area contributed by atoms with Gasteiger partial charge in [-0.25, -0.2) is 4.79 Å². The molecule has 1 heterocycles. The highest BCUT2D eigenvalue weighted by molar-refractivity contribution is 6.38. The first-order chi connectivity index (χ1) is 9.25. The Morgan fingerprint density at radius 3 is 2.60 bits per heavy atom. The highest BCUT2D eigenvalue weighted by atomic mass is 35.5. The smallest absolute Gasteiger partial charge is 0.336 e. The molecular weight excluding hydrogens is 305 g/mol. The van der Waals surface area contributed by atoms with E-state index in [1.165, 1.54) is 19.2 Å². The maximum Gasteiger partial charge on any atom is 0.336 e. The molecule has 1 N–H and O–H groups in total. The van der Waals surface area contributed by atoms with Crippen LogP contribution in [0.1, 0.15) is 5.56 Å². The van der Waals surface area contributed by atoms with E-state index in [1.54, 1.807) is 0 Å². The molecule has 2 rings (SSSR count). The molecule has 1 aliphatic heterocycles. The normalized spacial score (nSPS) is 20.9. The molecule has 0 fully saturated rings. The van der Waals surface area contributed by atoms with Gasteiger partial charge in [0.15, 0.2) is 0 Å². The average Bonchev–Trinajstić information content (AvgIpc) is 2.60. The molecule has 0 aromatic heterocycles. The summed E-state index contributed by atoms with van der Waals surface area (Å²) in [5, 5.41) is 11.1. The maximum absolute atomic E-state index is 12.3. The van der Waals surface area contributed by atoms with Crippen LogP contribution in [0.3, 0.4) is 0 Å². The van der Waals surface area contributed by atoms with Gasteiger partial charge in [-0.05, 0) is 12.1 Å². The van der Waals surface area contributed by atoms with Crippen LogP contribution in [0.4, 0.5) is 5.69 Å². The van der Waals surface area contributed by atoms with E-state index in [-0.39, 0.29) is 21.3 Å². The number of benzene rings is 1. The zero-order valence-corrected chi connectivity index (χ0v) is 12.2. The van der Waals surface area contributed by atoms with Gasteiger partial charge in [-0.15, -0.1) is 0 Å². The largest absolute Gasteiger partial charge is 0.466 e. The first-order valence-electron chi connectivity index (χ1n) is 5.52. The Labute approximate surface area is 125 Å². The van der Waals surface area contributed by atoms with Crippen molar-refractivity contribution < 1.29 is 19.4 Å². The molecule has 0 saturated carbocycles. The molecule has 20 heavy (non-hydrogen) atoms. The van der Waals surface area contributed by atoms with E-state index in [4.69, 9.17) is 23.2 Å². The van der Waals surface area contributed by atoms with Crippen LogP contribution in [0, 0.1) is 0 Å². The highest BCUT2D eigenvalue weighted by Gasteiger charge is 2.53. The van der Waals surface area contributed by atoms with Crippen LogP contribution in [0.5, 0.6) is 0 Å². The minimum Gasteiger partial charge on any atom is -0.466 e. The molecule has 1 aromatic carbocycles. The van der Waals surface area contributed by atoms with Gasteiger partial charge in [-0.2, -0.15) is 0 Å². The third kappa shape index (κ3) is 1.82. The second kappa shape index (κ2) is 4.77. The number of halogens is 2. The van der Waals surface area contributed by atoms with Crippen molar-refractivity contribution in [3.05, 3.63) is 39.9 Å². The second-order valence-electron chi connectivity index (χ2n) is 4.33. The number of anilines is 1. The number of carbonyl (C=O) groups is 2. The fourth-order valence-electron chi connectivity index (χ4n) is 2.20. The van der Waals surface area contributed by atoms with Crippen LogP contribution in [-0.4, -0.2) is 31.1 Å². The van der Waals surface area contributed by atoms with Gasteiger partial charge in [0, 0.05) is 17.6 Å². The molecule has 5 nitrogen and oxygen atoms in total. The van der Waals surface area contributed by atoms with Gasteiger partial charge in [0.1, 0.15) is 0 Å². The van der Waals surface area contributed by atoms with E-state index in [0.717, 1.165) is 12.0 Å². The van der Waals surface area contributed by atoms with Gasteiger partial charge in [0.2, 0.25) is 5.60 Å². The van der Waals surface area contributed by atoms with Gasteiger partial charge >= 0.3 is 5.97 Å². The number of aliphatic hydroxyl groups is 1. The number of fused-ring (bicyclic) bond motifs is 1. The van der Waals surface area contributed by atoms with Crippen LogP contribution in [0.2, 0.25) is 10.0 Å². The highest BCUT2D eigenvalue weighted by Crippen LogP contribution is 2.48. The van der Waals surface area contributed by atoms with Crippen LogP contribution in [-0.2, 0) is 19.9 Å². The lowest BCUT2D eigenvalue weighted by Crippen LogP contribution is -2.42. The molecule has 0 aliphatic carbocycles. The van der Waals surface area contributed by atoms with E-state index >= 15 is 0 Å². The Morgan fingerprint density at radius 1 is 1.45 bits per heavy atom. The van der Waals surface area contributed by atoms with E-state index in [2.05, 4.69) is 11.3 Å². The third-order valence-corrected chi connectivity index (χ3v) is 3.74. The van der Waals surface area contributed by atoms with E-state index in [9.17, 15) is 14.7 Å². The first kappa shape index (κ1) is 14.8. The Balaban J connectivity index is 2.73. The summed E-state index contributed by atoms with van der Waals surface area (Å²) in [5.41, 5.74) is -2.23.